The number of rotatable bonds is 7. The Labute approximate surface area is 109 Å². The molecule has 18 heavy (non-hydrogen) atoms. The van der Waals surface area contributed by atoms with E-state index in [4.69, 9.17) is 4.74 Å². The van der Waals surface area contributed by atoms with Gasteiger partial charge in [0, 0.05) is 12.6 Å². The van der Waals surface area contributed by atoms with Crippen LogP contribution < -0.4 is 0 Å². The predicted molar refractivity (Wildman–Crippen MR) is 74.2 cm³/mol. The molecule has 0 atom stereocenters. The lowest BCUT2D eigenvalue weighted by Gasteiger charge is -2.16. The van der Waals surface area contributed by atoms with Crippen LogP contribution in [0.25, 0.3) is 6.08 Å². The molecule has 0 spiro atoms. The summed E-state index contributed by atoms with van der Waals surface area (Å²) in [6.45, 7) is 7.39. The Balaban J connectivity index is 2.28. The Bertz CT molecular complexity index is 369. The highest BCUT2D eigenvalue weighted by atomic mass is 16.5. The fourth-order valence-electron chi connectivity index (χ4n) is 1.59. The monoisotopic (exact) mass is 247 g/mol. The Morgan fingerprint density at radius 1 is 1.22 bits per heavy atom. The fraction of sp³-hybridized carbons (Fsp3) is 0.400. The summed E-state index contributed by atoms with van der Waals surface area (Å²) >= 11 is 0. The standard InChI is InChI=1S/C15H21NO2/c1-3-16(4-2)12-13-18-15(17)11-10-14-8-6-5-7-9-14/h5-11H,3-4,12-13H2,1-2H3/b11-10-. The van der Waals surface area contributed by atoms with Crippen molar-refractivity contribution in [2.24, 2.45) is 0 Å². The average molecular weight is 247 g/mol. The first-order valence-electron chi connectivity index (χ1n) is 6.38. The van der Waals surface area contributed by atoms with Crippen LogP contribution in [0.5, 0.6) is 0 Å². The molecular weight excluding hydrogens is 226 g/mol. The first-order chi connectivity index (χ1) is 8.76. The highest BCUT2D eigenvalue weighted by Gasteiger charge is 2.01. The molecule has 0 aliphatic heterocycles. The van der Waals surface area contributed by atoms with E-state index in [0.29, 0.717) is 6.61 Å². The van der Waals surface area contributed by atoms with Gasteiger partial charge in [-0.3, -0.25) is 0 Å². The van der Waals surface area contributed by atoms with E-state index in [1.165, 1.54) is 6.08 Å². The lowest BCUT2D eigenvalue weighted by Crippen LogP contribution is -2.27. The molecule has 0 aliphatic rings. The van der Waals surface area contributed by atoms with Crippen LogP contribution in [0.3, 0.4) is 0 Å². The van der Waals surface area contributed by atoms with Crippen molar-refractivity contribution in [1.29, 1.82) is 0 Å². The molecular formula is C15H21NO2. The summed E-state index contributed by atoms with van der Waals surface area (Å²) in [4.78, 5) is 13.7. The number of hydrogen-bond donors (Lipinski definition) is 0. The maximum atomic E-state index is 11.4. The molecule has 0 unspecified atom stereocenters. The SMILES string of the molecule is CCN(CC)CCOC(=O)/C=C\c1ccccc1. The van der Waals surface area contributed by atoms with Crippen LogP contribution >= 0.6 is 0 Å². The second-order valence-electron chi connectivity index (χ2n) is 3.94. The first-order valence-corrected chi connectivity index (χ1v) is 6.38. The molecule has 3 nitrogen and oxygen atoms in total. The largest absolute Gasteiger partial charge is 0.461 e. The third-order valence-electron chi connectivity index (χ3n) is 2.76. The van der Waals surface area contributed by atoms with Gasteiger partial charge in [0.1, 0.15) is 6.61 Å². The van der Waals surface area contributed by atoms with Crippen molar-refractivity contribution in [2.45, 2.75) is 13.8 Å². The van der Waals surface area contributed by atoms with E-state index in [-0.39, 0.29) is 5.97 Å². The number of carbonyl (C=O) groups excluding carboxylic acids is 1. The Hall–Kier alpha value is -1.61. The van der Waals surface area contributed by atoms with E-state index in [1.54, 1.807) is 6.08 Å². The Morgan fingerprint density at radius 3 is 2.50 bits per heavy atom. The molecule has 0 heterocycles. The van der Waals surface area contributed by atoms with E-state index in [0.717, 1.165) is 25.2 Å². The number of ether oxygens (including phenoxy) is 1. The fourth-order valence-corrected chi connectivity index (χ4v) is 1.59. The van der Waals surface area contributed by atoms with Crippen molar-refractivity contribution < 1.29 is 9.53 Å². The topological polar surface area (TPSA) is 29.5 Å². The molecule has 0 aliphatic carbocycles. The van der Waals surface area contributed by atoms with E-state index in [2.05, 4.69) is 18.7 Å². The minimum Gasteiger partial charge on any atom is -0.461 e. The average Bonchev–Trinajstić information content (AvgIpc) is 2.42. The number of likely N-dealkylation sites (N-methyl/N-ethyl adjacent to an activating group) is 1. The van der Waals surface area contributed by atoms with Crippen molar-refractivity contribution >= 4 is 12.0 Å². The van der Waals surface area contributed by atoms with Gasteiger partial charge in [-0.2, -0.15) is 0 Å². The summed E-state index contributed by atoms with van der Waals surface area (Å²) in [6, 6.07) is 9.70. The highest BCUT2D eigenvalue weighted by Crippen LogP contribution is 2.01. The smallest absolute Gasteiger partial charge is 0.330 e. The summed E-state index contributed by atoms with van der Waals surface area (Å²) < 4.78 is 5.13. The molecule has 1 rings (SSSR count). The summed E-state index contributed by atoms with van der Waals surface area (Å²) in [5, 5.41) is 0. The molecule has 0 fully saturated rings. The van der Waals surface area contributed by atoms with Crippen molar-refractivity contribution in [3.05, 3.63) is 42.0 Å². The van der Waals surface area contributed by atoms with Crippen LogP contribution in [-0.4, -0.2) is 37.1 Å². The molecule has 0 aromatic heterocycles. The lowest BCUT2D eigenvalue weighted by molar-refractivity contribution is -0.138. The molecule has 0 N–H and O–H groups in total. The van der Waals surface area contributed by atoms with Crippen LogP contribution in [0, 0.1) is 0 Å². The number of hydrogen-bond acceptors (Lipinski definition) is 3. The van der Waals surface area contributed by atoms with Crippen LogP contribution in [0.15, 0.2) is 36.4 Å². The molecule has 0 amide bonds. The first kappa shape index (κ1) is 14.5. The molecule has 1 aromatic carbocycles. The third kappa shape index (κ3) is 5.64. The van der Waals surface area contributed by atoms with E-state index < -0.39 is 0 Å². The van der Waals surface area contributed by atoms with Gasteiger partial charge < -0.3 is 9.64 Å². The summed E-state index contributed by atoms with van der Waals surface area (Å²) in [7, 11) is 0. The van der Waals surface area contributed by atoms with Gasteiger partial charge in [-0.25, -0.2) is 4.79 Å². The van der Waals surface area contributed by atoms with Gasteiger partial charge in [0.05, 0.1) is 0 Å². The molecule has 98 valence electrons. The number of benzene rings is 1. The quantitative estimate of drug-likeness (QED) is 0.548. The van der Waals surface area contributed by atoms with Gasteiger partial charge in [-0.15, -0.1) is 0 Å². The lowest BCUT2D eigenvalue weighted by atomic mass is 10.2. The van der Waals surface area contributed by atoms with Crippen LogP contribution in [-0.2, 0) is 9.53 Å². The Morgan fingerprint density at radius 2 is 1.89 bits per heavy atom. The van der Waals surface area contributed by atoms with Crippen LogP contribution in [0.4, 0.5) is 0 Å². The normalized spacial score (nSPS) is 11.1. The van der Waals surface area contributed by atoms with Gasteiger partial charge in [-0.05, 0) is 24.7 Å². The molecule has 1 aromatic rings. The van der Waals surface area contributed by atoms with Gasteiger partial charge in [0.2, 0.25) is 0 Å². The highest BCUT2D eigenvalue weighted by molar-refractivity contribution is 5.86. The van der Waals surface area contributed by atoms with E-state index in [9.17, 15) is 4.79 Å². The van der Waals surface area contributed by atoms with E-state index >= 15 is 0 Å². The second-order valence-corrected chi connectivity index (χ2v) is 3.94. The van der Waals surface area contributed by atoms with Gasteiger partial charge in [0.25, 0.3) is 0 Å². The molecule has 0 radical (unpaired) electrons. The van der Waals surface area contributed by atoms with Crippen molar-refractivity contribution in [3.8, 4) is 0 Å². The third-order valence-corrected chi connectivity index (χ3v) is 2.76. The number of nitrogens with zero attached hydrogens (tertiary/aromatic N) is 1. The number of carbonyl (C=O) groups is 1. The number of esters is 1. The molecule has 0 saturated heterocycles. The van der Waals surface area contributed by atoms with Gasteiger partial charge in [-0.1, -0.05) is 44.2 Å². The zero-order chi connectivity index (χ0) is 13.2. The zero-order valence-corrected chi connectivity index (χ0v) is 11.1. The molecule has 0 bridgehead atoms. The minimum absolute atomic E-state index is 0.286. The summed E-state index contributed by atoms with van der Waals surface area (Å²) in [5.41, 5.74) is 0.998. The van der Waals surface area contributed by atoms with Crippen molar-refractivity contribution in [2.75, 3.05) is 26.2 Å². The van der Waals surface area contributed by atoms with Crippen LogP contribution in [0.2, 0.25) is 0 Å². The van der Waals surface area contributed by atoms with Gasteiger partial charge >= 0.3 is 5.97 Å². The van der Waals surface area contributed by atoms with Gasteiger partial charge in [0.15, 0.2) is 0 Å². The summed E-state index contributed by atoms with van der Waals surface area (Å²) in [6.07, 6.45) is 3.23. The van der Waals surface area contributed by atoms with Crippen LogP contribution in [0.1, 0.15) is 19.4 Å². The maximum absolute atomic E-state index is 11.4. The van der Waals surface area contributed by atoms with Crippen molar-refractivity contribution in [1.82, 2.24) is 4.90 Å². The van der Waals surface area contributed by atoms with Crippen molar-refractivity contribution in [3.63, 3.8) is 0 Å². The minimum atomic E-state index is -0.286. The van der Waals surface area contributed by atoms with E-state index in [1.807, 2.05) is 30.3 Å². The maximum Gasteiger partial charge on any atom is 0.330 e. The Kier molecular flexibility index (Phi) is 6.81. The molecule has 0 saturated carbocycles. The second kappa shape index (κ2) is 8.48. The summed E-state index contributed by atoms with van der Waals surface area (Å²) in [5.74, 6) is -0.286. The molecule has 3 heteroatoms. The predicted octanol–water partition coefficient (Wildman–Crippen LogP) is 2.58. The zero-order valence-electron chi connectivity index (χ0n) is 11.1.